The Kier molecular flexibility index (Phi) is 5.23. The highest BCUT2D eigenvalue weighted by Crippen LogP contribution is 2.06. The molecule has 0 aromatic carbocycles. The van der Waals surface area contributed by atoms with Gasteiger partial charge in [-0.15, -0.1) is 0 Å². The number of carbonyl (C=O) groups is 1. The Labute approximate surface area is 117 Å². The molecule has 0 fully saturated rings. The molecule has 0 bridgehead atoms. The van der Waals surface area contributed by atoms with E-state index in [4.69, 9.17) is 17.0 Å². The highest BCUT2D eigenvalue weighted by atomic mass is 32.1. The fourth-order valence-corrected chi connectivity index (χ4v) is 2.03. The number of aryl methyl sites for hydroxylation is 1. The van der Waals surface area contributed by atoms with Crippen LogP contribution in [-0.4, -0.2) is 21.7 Å². The van der Waals surface area contributed by atoms with Gasteiger partial charge in [0, 0.05) is 24.4 Å². The molecule has 1 heterocycles. The molecule has 1 rings (SSSR count). The molecule has 0 aliphatic carbocycles. The minimum atomic E-state index is -0.467. The lowest BCUT2D eigenvalue weighted by Gasteiger charge is -2.17. The van der Waals surface area contributed by atoms with Gasteiger partial charge in [-0.05, 0) is 33.0 Å². The Hall–Kier alpha value is -1.69. The summed E-state index contributed by atoms with van der Waals surface area (Å²) >= 11 is 5.25. The van der Waals surface area contributed by atoms with Crippen LogP contribution in [0.4, 0.5) is 0 Å². The molecule has 0 N–H and O–H groups in total. The van der Waals surface area contributed by atoms with Gasteiger partial charge in [-0.3, -0.25) is 9.36 Å². The molecular formula is C13H18N2O3S. The van der Waals surface area contributed by atoms with Crippen molar-refractivity contribution in [2.24, 2.45) is 0 Å². The molecule has 1 aromatic heterocycles. The van der Waals surface area contributed by atoms with E-state index in [0.717, 1.165) is 0 Å². The maximum atomic E-state index is 11.9. The third-order valence-electron chi connectivity index (χ3n) is 2.67. The number of hydrogen-bond donors (Lipinski definition) is 0. The zero-order chi connectivity index (χ0) is 14.6. The van der Waals surface area contributed by atoms with Gasteiger partial charge in [0.05, 0.1) is 6.04 Å². The second kappa shape index (κ2) is 6.47. The number of ether oxygens (including phenoxy) is 1. The molecule has 0 radical (unpaired) electrons. The van der Waals surface area contributed by atoms with Crippen LogP contribution in [0.3, 0.4) is 0 Å². The van der Waals surface area contributed by atoms with Crippen molar-refractivity contribution < 1.29 is 9.53 Å². The van der Waals surface area contributed by atoms with Gasteiger partial charge in [-0.25, -0.2) is 4.79 Å². The van der Waals surface area contributed by atoms with Gasteiger partial charge in [0.1, 0.15) is 6.61 Å². The van der Waals surface area contributed by atoms with Crippen LogP contribution in [0.1, 0.15) is 26.8 Å². The Morgan fingerprint density at radius 2 is 2.21 bits per heavy atom. The van der Waals surface area contributed by atoms with Crippen molar-refractivity contribution in [3.05, 3.63) is 39.5 Å². The van der Waals surface area contributed by atoms with E-state index in [0.29, 0.717) is 16.9 Å². The minimum absolute atomic E-state index is 0.0863. The lowest BCUT2D eigenvalue weighted by Crippen LogP contribution is -2.29. The first kappa shape index (κ1) is 15.4. The molecule has 0 saturated heterocycles. The first-order valence-electron chi connectivity index (χ1n) is 6.03. The van der Waals surface area contributed by atoms with Gasteiger partial charge in [0.2, 0.25) is 0 Å². The Morgan fingerprint density at radius 3 is 2.74 bits per heavy atom. The van der Waals surface area contributed by atoms with Crippen molar-refractivity contribution in [2.75, 3.05) is 6.61 Å². The summed E-state index contributed by atoms with van der Waals surface area (Å²) in [5.41, 5.74) is 0.128. The second-order valence-corrected chi connectivity index (χ2v) is 4.69. The Bertz CT molecular complexity index is 601. The maximum Gasteiger partial charge on any atom is 0.333 e. The van der Waals surface area contributed by atoms with E-state index in [-0.39, 0.29) is 18.2 Å². The predicted octanol–water partition coefficient (Wildman–Crippen LogP) is 2.08. The van der Waals surface area contributed by atoms with Crippen molar-refractivity contribution in [1.82, 2.24) is 9.13 Å². The van der Waals surface area contributed by atoms with Crippen LogP contribution >= 0.6 is 12.2 Å². The molecule has 0 aliphatic rings. The molecular weight excluding hydrogens is 264 g/mol. The summed E-state index contributed by atoms with van der Waals surface area (Å²) < 4.78 is 8.71. The summed E-state index contributed by atoms with van der Waals surface area (Å²) in [6, 6.07) is 1.14. The molecule has 5 nitrogen and oxygen atoms in total. The number of carbonyl (C=O) groups excluding carboxylic acids is 1. The van der Waals surface area contributed by atoms with E-state index >= 15 is 0 Å². The number of nitrogens with zero attached hydrogens (tertiary/aromatic N) is 2. The fraction of sp³-hybridized carbons (Fsp3) is 0.462. The quantitative estimate of drug-likeness (QED) is 0.471. The standard InChI is InChI=1S/C13H18N2O3S/c1-5-14-7-6-11(16)15(13(14)19)10(4)8-18-12(17)9(2)3/h6-7,10H,2,5,8H2,1,3-4H3. The van der Waals surface area contributed by atoms with Crippen LogP contribution in [0, 0.1) is 4.77 Å². The zero-order valence-corrected chi connectivity index (χ0v) is 12.2. The number of esters is 1. The summed E-state index contributed by atoms with van der Waals surface area (Å²) in [5, 5.41) is 0. The molecule has 0 amide bonds. The van der Waals surface area contributed by atoms with Crippen molar-refractivity contribution in [3.8, 4) is 0 Å². The lowest BCUT2D eigenvalue weighted by atomic mass is 10.3. The van der Waals surface area contributed by atoms with Crippen molar-refractivity contribution in [3.63, 3.8) is 0 Å². The molecule has 0 spiro atoms. The molecule has 6 heteroatoms. The Balaban J connectivity index is 2.97. The van der Waals surface area contributed by atoms with Crippen LogP contribution in [0.25, 0.3) is 0 Å². The summed E-state index contributed by atoms with van der Waals surface area (Å²) in [4.78, 5) is 23.2. The molecule has 0 aliphatic heterocycles. The third-order valence-corrected chi connectivity index (χ3v) is 3.10. The van der Waals surface area contributed by atoms with E-state index in [2.05, 4.69) is 6.58 Å². The molecule has 104 valence electrons. The third kappa shape index (κ3) is 3.64. The number of hydrogen-bond acceptors (Lipinski definition) is 4. The summed E-state index contributed by atoms with van der Waals surface area (Å²) in [6.45, 7) is 9.56. The van der Waals surface area contributed by atoms with E-state index in [1.54, 1.807) is 24.6 Å². The van der Waals surface area contributed by atoms with Gasteiger partial charge in [0.15, 0.2) is 4.77 Å². The molecule has 1 unspecified atom stereocenters. The average molecular weight is 282 g/mol. The van der Waals surface area contributed by atoms with Gasteiger partial charge >= 0.3 is 5.97 Å². The highest BCUT2D eigenvalue weighted by molar-refractivity contribution is 7.71. The molecule has 19 heavy (non-hydrogen) atoms. The van der Waals surface area contributed by atoms with Crippen LogP contribution in [0.15, 0.2) is 29.2 Å². The molecule has 1 atom stereocenters. The normalized spacial score (nSPS) is 11.9. The van der Waals surface area contributed by atoms with Crippen LogP contribution in [0.5, 0.6) is 0 Å². The zero-order valence-electron chi connectivity index (χ0n) is 11.4. The van der Waals surface area contributed by atoms with E-state index in [1.807, 2.05) is 6.92 Å². The summed E-state index contributed by atoms with van der Waals surface area (Å²) in [6.07, 6.45) is 1.66. The van der Waals surface area contributed by atoms with Crippen LogP contribution < -0.4 is 5.56 Å². The van der Waals surface area contributed by atoms with Gasteiger partial charge in [-0.2, -0.15) is 0 Å². The number of aromatic nitrogens is 2. The van der Waals surface area contributed by atoms with Gasteiger partial charge < -0.3 is 9.30 Å². The summed E-state index contributed by atoms with van der Waals surface area (Å²) in [7, 11) is 0. The van der Waals surface area contributed by atoms with E-state index in [9.17, 15) is 9.59 Å². The van der Waals surface area contributed by atoms with Crippen LogP contribution in [0.2, 0.25) is 0 Å². The molecule has 1 aromatic rings. The average Bonchev–Trinajstić information content (AvgIpc) is 2.36. The van der Waals surface area contributed by atoms with Crippen LogP contribution in [-0.2, 0) is 16.1 Å². The van der Waals surface area contributed by atoms with Crippen molar-refractivity contribution >= 4 is 18.2 Å². The second-order valence-electron chi connectivity index (χ2n) is 4.32. The number of rotatable bonds is 5. The summed E-state index contributed by atoms with van der Waals surface area (Å²) in [5.74, 6) is -0.467. The smallest absolute Gasteiger partial charge is 0.333 e. The topological polar surface area (TPSA) is 53.2 Å². The van der Waals surface area contributed by atoms with E-state index < -0.39 is 5.97 Å². The molecule has 0 saturated carbocycles. The van der Waals surface area contributed by atoms with Gasteiger partial charge in [-0.1, -0.05) is 6.58 Å². The SMILES string of the molecule is C=C(C)C(=O)OCC(C)n1c(=O)ccn(CC)c1=S. The fourth-order valence-electron chi connectivity index (χ4n) is 1.57. The largest absolute Gasteiger partial charge is 0.460 e. The van der Waals surface area contributed by atoms with Crippen molar-refractivity contribution in [1.29, 1.82) is 0 Å². The predicted molar refractivity (Wildman–Crippen MR) is 75.7 cm³/mol. The lowest BCUT2D eigenvalue weighted by molar-refractivity contribution is -0.139. The van der Waals surface area contributed by atoms with E-state index in [1.165, 1.54) is 10.6 Å². The van der Waals surface area contributed by atoms with Gasteiger partial charge in [0.25, 0.3) is 5.56 Å². The van der Waals surface area contributed by atoms with Crippen molar-refractivity contribution in [2.45, 2.75) is 33.4 Å². The monoisotopic (exact) mass is 282 g/mol. The first-order valence-corrected chi connectivity index (χ1v) is 6.44. The highest BCUT2D eigenvalue weighted by Gasteiger charge is 2.12. The first-order chi connectivity index (χ1) is 8.88. The Morgan fingerprint density at radius 1 is 1.58 bits per heavy atom. The maximum absolute atomic E-state index is 11.9. The minimum Gasteiger partial charge on any atom is -0.460 e.